The molecule has 0 amide bonds. The number of oxime groups is 1. The summed E-state index contributed by atoms with van der Waals surface area (Å²) in [4.78, 5) is 2.43. The molecule has 0 saturated heterocycles. The third kappa shape index (κ3) is 3.23. The first-order valence-corrected chi connectivity index (χ1v) is 7.32. The Kier molecular flexibility index (Phi) is 4.87. The summed E-state index contributed by atoms with van der Waals surface area (Å²) in [5.41, 5.74) is 6.04. The molecule has 1 aromatic heterocycles. The number of thiophene rings is 1. The molecule has 6 heteroatoms. The predicted octanol–water partition coefficient (Wildman–Crippen LogP) is 3.64. The first-order chi connectivity index (χ1) is 9.65. The van der Waals surface area contributed by atoms with Crippen LogP contribution < -0.4 is 10.5 Å². The number of rotatable bonds is 5. The van der Waals surface area contributed by atoms with Crippen LogP contribution in [0.25, 0.3) is 0 Å². The van der Waals surface area contributed by atoms with Crippen LogP contribution in [0, 0.1) is 0 Å². The van der Waals surface area contributed by atoms with Crippen LogP contribution in [0.3, 0.4) is 0 Å². The lowest BCUT2D eigenvalue weighted by Crippen LogP contribution is -2.15. The van der Waals surface area contributed by atoms with E-state index in [4.69, 9.17) is 27.3 Å². The Morgan fingerprint density at radius 3 is 2.75 bits per heavy atom. The predicted molar refractivity (Wildman–Crippen MR) is 82.0 cm³/mol. The number of hydrogen-bond acceptors (Lipinski definition) is 4. The van der Waals surface area contributed by atoms with E-state index >= 15 is 0 Å². The fourth-order valence-electron chi connectivity index (χ4n) is 1.76. The maximum atomic E-state index is 8.81. The van der Waals surface area contributed by atoms with Crippen LogP contribution in [-0.4, -0.2) is 11.0 Å². The topological polar surface area (TPSA) is 67.8 Å². The molecule has 2 rings (SSSR count). The summed E-state index contributed by atoms with van der Waals surface area (Å²) in [7, 11) is 0. The van der Waals surface area contributed by atoms with Gasteiger partial charge in [0, 0.05) is 9.75 Å². The van der Waals surface area contributed by atoms with E-state index in [0.717, 1.165) is 11.3 Å². The van der Waals surface area contributed by atoms with Crippen molar-refractivity contribution in [2.45, 2.75) is 20.0 Å². The first kappa shape index (κ1) is 14.7. The molecular formula is C14H15ClN2O2S. The van der Waals surface area contributed by atoms with Gasteiger partial charge in [0.2, 0.25) is 0 Å². The van der Waals surface area contributed by atoms with Gasteiger partial charge in [-0.2, -0.15) is 0 Å². The van der Waals surface area contributed by atoms with Gasteiger partial charge in [0.1, 0.15) is 12.4 Å². The zero-order valence-corrected chi connectivity index (χ0v) is 12.5. The molecule has 1 heterocycles. The van der Waals surface area contributed by atoms with E-state index in [1.54, 1.807) is 29.5 Å². The van der Waals surface area contributed by atoms with Crippen molar-refractivity contribution in [2.75, 3.05) is 0 Å². The van der Waals surface area contributed by atoms with Gasteiger partial charge in [-0.25, -0.2) is 0 Å². The average Bonchev–Trinajstić information content (AvgIpc) is 2.92. The van der Waals surface area contributed by atoms with Crippen LogP contribution in [0.1, 0.15) is 22.2 Å². The van der Waals surface area contributed by atoms with Gasteiger partial charge in [-0.15, -0.1) is 11.3 Å². The van der Waals surface area contributed by atoms with Gasteiger partial charge < -0.3 is 15.7 Å². The van der Waals surface area contributed by atoms with Crippen LogP contribution in [-0.2, 0) is 13.0 Å². The molecule has 0 radical (unpaired) electrons. The number of hydrogen-bond donors (Lipinski definition) is 2. The van der Waals surface area contributed by atoms with E-state index in [2.05, 4.69) is 18.1 Å². The third-order valence-electron chi connectivity index (χ3n) is 2.77. The second-order valence-corrected chi connectivity index (χ2v) is 5.77. The number of nitrogens with zero attached hydrogens (tertiary/aromatic N) is 1. The Balaban J connectivity index is 2.19. The number of benzene rings is 1. The van der Waals surface area contributed by atoms with E-state index in [1.807, 2.05) is 6.07 Å². The summed E-state index contributed by atoms with van der Waals surface area (Å²) < 4.78 is 5.74. The summed E-state index contributed by atoms with van der Waals surface area (Å²) >= 11 is 7.77. The van der Waals surface area contributed by atoms with Gasteiger partial charge in [0.05, 0.1) is 10.6 Å². The molecular weight excluding hydrogens is 296 g/mol. The van der Waals surface area contributed by atoms with Crippen LogP contribution in [0.4, 0.5) is 0 Å². The number of nitrogens with two attached hydrogens (primary N) is 1. The van der Waals surface area contributed by atoms with Crippen molar-refractivity contribution in [3.05, 3.63) is 50.7 Å². The molecule has 20 heavy (non-hydrogen) atoms. The molecule has 1 aromatic carbocycles. The summed E-state index contributed by atoms with van der Waals surface area (Å²) in [6, 6.07) is 9.30. The van der Waals surface area contributed by atoms with Crippen LogP contribution in [0.2, 0.25) is 5.02 Å². The van der Waals surface area contributed by atoms with Crippen molar-refractivity contribution in [1.82, 2.24) is 0 Å². The Morgan fingerprint density at radius 1 is 1.35 bits per heavy atom. The standard InChI is InChI=1S/C14H15ClN2O2S/c1-2-9-6-7-10(20-9)8-19-12-5-3-4-11(15)13(12)14(16)17-18/h3-7,18H,2,8H2,1H3,(H2,16,17). The van der Waals surface area contributed by atoms with Gasteiger partial charge in [-0.05, 0) is 30.7 Å². The van der Waals surface area contributed by atoms with Crippen molar-refractivity contribution < 1.29 is 9.94 Å². The molecule has 0 aliphatic rings. The van der Waals surface area contributed by atoms with Gasteiger partial charge in [-0.3, -0.25) is 0 Å². The molecule has 0 fully saturated rings. The minimum absolute atomic E-state index is 0.0639. The van der Waals surface area contributed by atoms with Gasteiger partial charge >= 0.3 is 0 Å². The summed E-state index contributed by atoms with van der Waals surface area (Å²) in [6.45, 7) is 2.54. The van der Waals surface area contributed by atoms with Crippen molar-refractivity contribution in [1.29, 1.82) is 0 Å². The second-order valence-electron chi connectivity index (χ2n) is 4.11. The Bertz CT molecular complexity index is 625. The molecule has 0 atom stereocenters. The Morgan fingerprint density at radius 2 is 2.10 bits per heavy atom. The summed E-state index contributed by atoms with van der Waals surface area (Å²) in [5.74, 6) is 0.435. The normalized spacial score (nSPS) is 11.6. The highest BCUT2D eigenvalue weighted by Gasteiger charge is 2.13. The highest BCUT2D eigenvalue weighted by molar-refractivity contribution is 7.11. The molecule has 0 saturated carbocycles. The minimum Gasteiger partial charge on any atom is -0.487 e. The number of ether oxygens (including phenoxy) is 1. The number of halogens is 1. The molecule has 0 spiro atoms. The van der Waals surface area contributed by atoms with Crippen LogP contribution in [0.5, 0.6) is 5.75 Å². The fraction of sp³-hybridized carbons (Fsp3) is 0.214. The molecule has 2 aromatic rings. The lowest BCUT2D eigenvalue weighted by molar-refractivity contribution is 0.306. The monoisotopic (exact) mass is 310 g/mol. The van der Waals surface area contributed by atoms with Gasteiger partial charge in [0.15, 0.2) is 5.84 Å². The highest BCUT2D eigenvalue weighted by atomic mass is 35.5. The SMILES string of the molecule is CCc1ccc(COc2cccc(Cl)c2/C(N)=N/O)s1. The summed E-state index contributed by atoms with van der Waals surface area (Å²) in [6.07, 6.45) is 1.01. The zero-order chi connectivity index (χ0) is 14.5. The number of aryl methyl sites for hydroxylation is 1. The molecule has 106 valence electrons. The van der Waals surface area contributed by atoms with Gasteiger partial charge in [0.25, 0.3) is 0 Å². The second kappa shape index (κ2) is 6.63. The van der Waals surface area contributed by atoms with E-state index < -0.39 is 0 Å². The van der Waals surface area contributed by atoms with Crippen molar-refractivity contribution >= 4 is 28.8 Å². The molecule has 0 unspecified atom stereocenters. The van der Waals surface area contributed by atoms with E-state index in [0.29, 0.717) is 22.9 Å². The van der Waals surface area contributed by atoms with E-state index in [9.17, 15) is 0 Å². The van der Waals surface area contributed by atoms with Gasteiger partial charge in [-0.1, -0.05) is 29.7 Å². The quantitative estimate of drug-likeness (QED) is 0.383. The molecule has 0 aliphatic carbocycles. The van der Waals surface area contributed by atoms with Crippen molar-refractivity contribution in [3.63, 3.8) is 0 Å². The Labute approximate surface area is 126 Å². The molecule has 0 aliphatic heterocycles. The average molecular weight is 311 g/mol. The van der Waals surface area contributed by atoms with Crippen LogP contribution in [0.15, 0.2) is 35.5 Å². The third-order valence-corrected chi connectivity index (χ3v) is 4.29. The Hall–Kier alpha value is -1.72. The fourth-order valence-corrected chi connectivity index (χ4v) is 2.90. The van der Waals surface area contributed by atoms with Crippen LogP contribution >= 0.6 is 22.9 Å². The largest absolute Gasteiger partial charge is 0.487 e. The highest BCUT2D eigenvalue weighted by Crippen LogP contribution is 2.27. The first-order valence-electron chi connectivity index (χ1n) is 6.12. The van der Waals surface area contributed by atoms with Crippen molar-refractivity contribution in [2.24, 2.45) is 10.9 Å². The smallest absolute Gasteiger partial charge is 0.175 e. The summed E-state index contributed by atoms with van der Waals surface area (Å²) in [5, 5.41) is 12.2. The zero-order valence-electron chi connectivity index (χ0n) is 11.0. The molecule has 0 bridgehead atoms. The maximum absolute atomic E-state index is 8.81. The molecule has 4 nitrogen and oxygen atoms in total. The van der Waals surface area contributed by atoms with E-state index in [-0.39, 0.29) is 5.84 Å². The van der Waals surface area contributed by atoms with Crippen molar-refractivity contribution in [3.8, 4) is 5.75 Å². The lowest BCUT2D eigenvalue weighted by Gasteiger charge is -2.11. The van der Waals surface area contributed by atoms with E-state index in [1.165, 1.54) is 4.88 Å². The minimum atomic E-state index is -0.0639. The molecule has 3 N–H and O–H groups in total. The maximum Gasteiger partial charge on any atom is 0.175 e. The number of amidine groups is 1. The lowest BCUT2D eigenvalue weighted by atomic mass is 10.2.